The third-order valence-electron chi connectivity index (χ3n) is 3.58. The van der Waals surface area contributed by atoms with Crippen molar-refractivity contribution in [2.24, 2.45) is 5.92 Å². The maximum atomic E-state index is 11.6. The Hall–Kier alpha value is -2.08. The van der Waals surface area contributed by atoms with Crippen LogP contribution >= 0.6 is 0 Å². The van der Waals surface area contributed by atoms with Crippen molar-refractivity contribution in [3.63, 3.8) is 0 Å². The van der Waals surface area contributed by atoms with Crippen molar-refractivity contribution in [2.45, 2.75) is 32.8 Å². The average molecular weight is 304 g/mol. The number of hydrogen-bond donors (Lipinski definition) is 3. The Labute approximate surface area is 130 Å². The van der Waals surface area contributed by atoms with E-state index in [0.717, 1.165) is 11.3 Å². The van der Waals surface area contributed by atoms with Gasteiger partial charge in [-0.3, -0.25) is 0 Å². The molecular formula is C16H24N4O2. The minimum atomic E-state index is -0.377. The van der Waals surface area contributed by atoms with Crippen LogP contribution in [0.15, 0.2) is 30.6 Å². The summed E-state index contributed by atoms with van der Waals surface area (Å²) in [5.41, 5.74) is 1.85. The lowest BCUT2D eigenvalue weighted by Crippen LogP contribution is -2.38. The molecule has 0 bridgehead atoms. The van der Waals surface area contributed by atoms with Crippen LogP contribution in [-0.4, -0.2) is 39.7 Å². The summed E-state index contributed by atoms with van der Waals surface area (Å²) in [6.07, 6.45) is 4.79. The number of aromatic nitrogens is 2. The highest BCUT2D eigenvalue weighted by atomic mass is 16.3. The minimum absolute atomic E-state index is 0.208. The van der Waals surface area contributed by atoms with Gasteiger partial charge in [0, 0.05) is 31.9 Å². The van der Waals surface area contributed by atoms with Gasteiger partial charge in [0.2, 0.25) is 0 Å². The zero-order valence-corrected chi connectivity index (χ0v) is 13.1. The number of imidazole rings is 1. The molecule has 0 aromatic carbocycles. The van der Waals surface area contributed by atoms with Crippen LogP contribution in [0.3, 0.4) is 0 Å². The molecule has 3 N–H and O–H groups in total. The first-order valence-electron chi connectivity index (χ1n) is 7.68. The van der Waals surface area contributed by atoms with Gasteiger partial charge in [-0.15, -0.1) is 0 Å². The SMILES string of the molecule is CC(C)C(O)CCNC(=O)NCCc1cn2ccccc2n1. The molecule has 0 aliphatic heterocycles. The number of nitrogens with one attached hydrogen (secondary N) is 2. The quantitative estimate of drug-likeness (QED) is 0.727. The standard InChI is InChI=1S/C16H24N4O2/c1-12(2)14(21)7-9-18-16(22)17-8-6-13-11-20-10-4-3-5-15(20)19-13/h3-5,10-12,14,21H,6-9H2,1-2H3,(H2,17,18,22). The van der Waals surface area contributed by atoms with E-state index in [4.69, 9.17) is 0 Å². The zero-order valence-electron chi connectivity index (χ0n) is 13.1. The molecule has 0 saturated carbocycles. The summed E-state index contributed by atoms with van der Waals surface area (Å²) < 4.78 is 1.96. The van der Waals surface area contributed by atoms with Gasteiger partial charge < -0.3 is 20.1 Å². The van der Waals surface area contributed by atoms with Crippen LogP contribution in [-0.2, 0) is 6.42 Å². The minimum Gasteiger partial charge on any atom is -0.393 e. The number of rotatable bonds is 7. The molecule has 22 heavy (non-hydrogen) atoms. The predicted octanol–water partition coefficient (Wildman–Crippen LogP) is 1.58. The fourth-order valence-corrected chi connectivity index (χ4v) is 2.14. The van der Waals surface area contributed by atoms with Gasteiger partial charge in [0.25, 0.3) is 0 Å². The van der Waals surface area contributed by atoms with Gasteiger partial charge in [-0.05, 0) is 24.5 Å². The summed E-state index contributed by atoms with van der Waals surface area (Å²) in [7, 11) is 0. The Kier molecular flexibility index (Phi) is 5.77. The molecule has 0 radical (unpaired) electrons. The molecule has 0 spiro atoms. The smallest absolute Gasteiger partial charge is 0.314 e. The Morgan fingerprint density at radius 3 is 2.82 bits per heavy atom. The lowest BCUT2D eigenvalue weighted by atomic mass is 10.0. The Morgan fingerprint density at radius 1 is 1.32 bits per heavy atom. The van der Waals surface area contributed by atoms with Crippen molar-refractivity contribution in [3.05, 3.63) is 36.3 Å². The summed E-state index contributed by atoms with van der Waals surface area (Å²) >= 11 is 0. The lowest BCUT2D eigenvalue weighted by Gasteiger charge is -2.14. The molecule has 0 aliphatic rings. The maximum absolute atomic E-state index is 11.6. The van der Waals surface area contributed by atoms with Crippen LogP contribution in [0.25, 0.3) is 5.65 Å². The van der Waals surface area contributed by atoms with E-state index in [2.05, 4.69) is 15.6 Å². The van der Waals surface area contributed by atoms with E-state index in [-0.39, 0.29) is 18.1 Å². The summed E-state index contributed by atoms with van der Waals surface area (Å²) in [4.78, 5) is 16.1. The largest absolute Gasteiger partial charge is 0.393 e. The van der Waals surface area contributed by atoms with Crippen LogP contribution in [0.4, 0.5) is 4.79 Å². The Bertz CT molecular complexity index is 576. The van der Waals surface area contributed by atoms with E-state index < -0.39 is 0 Å². The van der Waals surface area contributed by atoms with Crippen molar-refractivity contribution < 1.29 is 9.90 Å². The van der Waals surface area contributed by atoms with E-state index in [1.165, 1.54) is 0 Å². The van der Waals surface area contributed by atoms with Gasteiger partial charge in [-0.25, -0.2) is 9.78 Å². The Morgan fingerprint density at radius 2 is 2.09 bits per heavy atom. The van der Waals surface area contributed by atoms with E-state index >= 15 is 0 Å². The molecule has 0 aliphatic carbocycles. The van der Waals surface area contributed by atoms with Crippen LogP contribution in [0.5, 0.6) is 0 Å². The third kappa shape index (κ3) is 4.73. The van der Waals surface area contributed by atoms with Crippen LogP contribution in [0, 0.1) is 5.92 Å². The first-order chi connectivity index (χ1) is 10.6. The number of carbonyl (C=O) groups excluding carboxylic acids is 1. The molecule has 2 rings (SSSR count). The highest BCUT2D eigenvalue weighted by molar-refractivity contribution is 5.73. The van der Waals surface area contributed by atoms with Crippen molar-refractivity contribution in [1.29, 1.82) is 0 Å². The molecule has 0 saturated heterocycles. The van der Waals surface area contributed by atoms with Gasteiger partial charge in [0.05, 0.1) is 11.8 Å². The van der Waals surface area contributed by atoms with E-state index in [1.54, 1.807) is 0 Å². The monoisotopic (exact) mass is 304 g/mol. The summed E-state index contributed by atoms with van der Waals surface area (Å²) in [5.74, 6) is 0.208. The summed E-state index contributed by atoms with van der Waals surface area (Å²) in [6, 6.07) is 5.64. The molecule has 1 atom stereocenters. The Balaban J connectivity index is 1.66. The number of carbonyl (C=O) groups is 1. The fourth-order valence-electron chi connectivity index (χ4n) is 2.14. The van der Waals surface area contributed by atoms with Gasteiger partial charge in [-0.1, -0.05) is 19.9 Å². The number of fused-ring (bicyclic) bond motifs is 1. The molecule has 0 fully saturated rings. The molecule has 6 heteroatoms. The van der Waals surface area contributed by atoms with E-state index in [1.807, 2.05) is 48.8 Å². The number of aliphatic hydroxyl groups excluding tert-OH is 1. The number of nitrogens with zero attached hydrogens (tertiary/aromatic N) is 2. The second-order valence-electron chi connectivity index (χ2n) is 5.73. The van der Waals surface area contributed by atoms with Crippen molar-refractivity contribution >= 4 is 11.7 Å². The highest BCUT2D eigenvalue weighted by Crippen LogP contribution is 2.05. The number of aliphatic hydroxyl groups is 1. The fraction of sp³-hybridized carbons (Fsp3) is 0.500. The molecule has 1 unspecified atom stereocenters. The van der Waals surface area contributed by atoms with E-state index in [0.29, 0.717) is 25.9 Å². The van der Waals surface area contributed by atoms with E-state index in [9.17, 15) is 9.90 Å². The second kappa shape index (κ2) is 7.79. The number of urea groups is 1. The average Bonchev–Trinajstić information content (AvgIpc) is 2.89. The first-order valence-corrected chi connectivity index (χ1v) is 7.68. The van der Waals surface area contributed by atoms with Crippen LogP contribution in [0.2, 0.25) is 0 Å². The molecule has 2 heterocycles. The van der Waals surface area contributed by atoms with Crippen LogP contribution < -0.4 is 10.6 Å². The maximum Gasteiger partial charge on any atom is 0.314 e. The normalized spacial score (nSPS) is 12.5. The molecule has 2 amide bonds. The molecule has 6 nitrogen and oxygen atoms in total. The van der Waals surface area contributed by atoms with Gasteiger partial charge in [0.1, 0.15) is 5.65 Å². The number of amides is 2. The molecule has 2 aromatic heterocycles. The topological polar surface area (TPSA) is 78.7 Å². The van der Waals surface area contributed by atoms with Gasteiger partial charge in [0.15, 0.2) is 0 Å². The van der Waals surface area contributed by atoms with Gasteiger partial charge >= 0.3 is 6.03 Å². The molecule has 120 valence electrons. The summed E-state index contributed by atoms with van der Waals surface area (Å²) in [6.45, 7) is 4.92. The number of pyridine rings is 1. The van der Waals surface area contributed by atoms with Crippen molar-refractivity contribution in [2.75, 3.05) is 13.1 Å². The second-order valence-corrected chi connectivity index (χ2v) is 5.73. The third-order valence-corrected chi connectivity index (χ3v) is 3.58. The summed E-state index contributed by atoms with van der Waals surface area (Å²) in [5, 5.41) is 15.2. The molecule has 2 aromatic rings. The van der Waals surface area contributed by atoms with Crippen molar-refractivity contribution in [3.8, 4) is 0 Å². The van der Waals surface area contributed by atoms with Crippen LogP contribution in [0.1, 0.15) is 26.0 Å². The molecular weight excluding hydrogens is 280 g/mol. The first kappa shape index (κ1) is 16.3. The van der Waals surface area contributed by atoms with Gasteiger partial charge in [-0.2, -0.15) is 0 Å². The lowest BCUT2D eigenvalue weighted by molar-refractivity contribution is 0.116. The predicted molar refractivity (Wildman–Crippen MR) is 85.8 cm³/mol. The number of hydrogen-bond acceptors (Lipinski definition) is 3. The zero-order chi connectivity index (χ0) is 15.9. The van der Waals surface area contributed by atoms with Crippen molar-refractivity contribution in [1.82, 2.24) is 20.0 Å². The highest BCUT2D eigenvalue weighted by Gasteiger charge is 2.09.